The third kappa shape index (κ3) is 4.48. The Bertz CT molecular complexity index is 488. The van der Waals surface area contributed by atoms with E-state index in [1.807, 2.05) is 26.8 Å². The van der Waals surface area contributed by atoms with Gasteiger partial charge in [-0.05, 0) is 26.8 Å². The lowest BCUT2D eigenvalue weighted by Gasteiger charge is -2.14. The van der Waals surface area contributed by atoms with Crippen molar-refractivity contribution in [2.75, 3.05) is 18.4 Å². The van der Waals surface area contributed by atoms with Gasteiger partial charge in [0.1, 0.15) is 4.99 Å². The molecule has 6 heteroatoms. The van der Waals surface area contributed by atoms with Crippen molar-refractivity contribution in [3.63, 3.8) is 0 Å². The summed E-state index contributed by atoms with van der Waals surface area (Å²) >= 11 is 5.04. The van der Waals surface area contributed by atoms with Crippen LogP contribution in [-0.4, -0.2) is 29.0 Å². The molecule has 0 saturated carbocycles. The van der Waals surface area contributed by atoms with Crippen molar-refractivity contribution in [1.29, 1.82) is 0 Å². The molecule has 0 fully saturated rings. The van der Waals surface area contributed by atoms with Crippen molar-refractivity contribution in [2.45, 2.75) is 27.2 Å². The fourth-order valence-electron chi connectivity index (χ4n) is 1.88. The van der Waals surface area contributed by atoms with Crippen LogP contribution in [-0.2, 0) is 4.79 Å². The van der Waals surface area contributed by atoms with Crippen LogP contribution >= 0.6 is 12.2 Å². The maximum Gasteiger partial charge on any atom is 0.221 e. The Morgan fingerprint density at radius 1 is 1.47 bits per heavy atom. The van der Waals surface area contributed by atoms with Crippen LogP contribution in [0.2, 0.25) is 0 Å². The number of aryl methyl sites for hydroxylation is 2. The van der Waals surface area contributed by atoms with Crippen LogP contribution in [0.15, 0.2) is 6.07 Å². The van der Waals surface area contributed by atoms with E-state index < -0.39 is 0 Å². The lowest BCUT2D eigenvalue weighted by atomic mass is 10.1. The molecule has 0 aromatic carbocycles. The molecule has 0 saturated heterocycles. The molecule has 1 heterocycles. The molecule has 0 spiro atoms. The minimum absolute atomic E-state index is 0.0226. The molecule has 4 N–H and O–H groups in total. The van der Waals surface area contributed by atoms with Gasteiger partial charge in [-0.25, -0.2) is 0 Å². The SMILES string of the molecule is CCNC(=O)CCNc1cc(C)nc(C)c1C(N)=S. The number of hydrogen-bond acceptors (Lipinski definition) is 4. The Hall–Kier alpha value is -1.69. The molecule has 19 heavy (non-hydrogen) atoms. The van der Waals surface area contributed by atoms with Gasteiger partial charge in [-0.3, -0.25) is 9.78 Å². The molecular weight excluding hydrogens is 260 g/mol. The van der Waals surface area contributed by atoms with E-state index in [-0.39, 0.29) is 5.91 Å². The molecule has 0 aliphatic heterocycles. The lowest BCUT2D eigenvalue weighted by Crippen LogP contribution is -2.25. The fraction of sp³-hybridized carbons (Fsp3) is 0.462. The second-order valence-electron chi connectivity index (χ2n) is 4.27. The Labute approximate surface area is 119 Å². The third-order valence-electron chi connectivity index (χ3n) is 2.62. The molecule has 1 aromatic rings. The molecule has 1 aromatic heterocycles. The maximum absolute atomic E-state index is 11.4. The Kier molecular flexibility index (Phi) is 5.69. The zero-order valence-electron chi connectivity index (χ0n) is 11.5. The number of nitrogens with two attached hydrogens (primary N) is 1. The van der Waals surface area contributed by atoms with Crippen LogP contribution in [0.4, 0.5) is 5.69 Å². The number of amides is 1. The molecule has 5 nitrogen and oxygen atoms in total. The summed E-state index contributed by atoms with van der Waals surface area (Å²) in [7, 11) is 0. The zero-order valence-corrected chi connectivity index (χ0v) is 12.4. The largest absolute Gasteiger partial charge is 0.389 e. The standard InChI is InChI=1S/C13H20N4OS/c1-4-15-11(18)5-6-16-10-7-8(2)17-9(3)12(10)13(14)19/h7H,4-6H2,1-3H3,(H2,14,19)(H,15,18)(H,16,17). The summed E-state index contributed by atoms with van der Waals surface area (Å²) in [6.07, 6.45) is 0.408. The number of carbonyl (C=O) groups excluding carboxylic acids is 1. The van der Waals surface area contributed by atoms with E-state index in [2.05, 4.69) is 15.6 Å². The van der Waals surface area contributed by atoms with Crippen molar-refractivity contribution >= 4 is 28.8 Å². The number of carbonyl (C=O) groups is 1. The van der Waals surface area contributed by atoms with E-state index in [1.54, 1.807) is 0 Å². The lowest BCUT2D eigenvalue weighted by molar-refractivity contribution is -0.120. The van der Waals surface area contributed by atoms with Gasteiger partial charge in [-0.1, -0.05) is 12.2 Å². The van der Waals surface area contributed by atoms with Gasteiger partial charge in [0, 0.05) is 36.6 Å². The minimum atomic E-state index is 0.0226. The summed E-state index contributed by atoms with van der Waals surface area (Å²) in [6, 6.07) is 1.89. The predicted molar refractivity (Wildman–Crippen MR) is 81.4 cm³/mol. The van der Waals surface area contributed by atoms with E-state index in [0.717, 1.165) is 22.6 Å². The van der Waals surface area contributed by atoms with E-state index in [9.17, 15) is 4.79 Å². The average Bonchev–Trinajstić information content (AvgIpc) is 2.27. The number of rotatable bonds is 6. The molecule has 0 aliphatic rings. The number of thiocarbonyl (C=S) groups is 1. The smallest absolute Gasteiger partial charge is 0.221 e. The topological polar surface area (TPSA) is 80.0 Å². The van der Waals surface area contributed by atoms with Gasteiger partial charge in [-0.2, -0.15) is 0 Å². The summed E-state index contributed by atoms with van der Waals surface area (Å²) in [5, 5.41) is 5.95. The number of nitrogens with one attached hydrogen (secondary N) is 2. The highest BCUT2D eigenvalue weighted by Gasteiger charge is 2.11. The van der Waals surface area contributed by atoms with Gasteiger partial charge in [0.2, 0.25) is 5.91 Å². The fourth-order valence-corrected chi connectivity index (χ4v) is 2.13. The molecule has 1 rings (SSSR count). The Morgan fingerprint density at radius 3 is 2.74 bits per heavy atom. The van der Waals surface area contributed by atoms with Crippen LogP contribution in [0.3, 0.4) is 0 Å². The van der Waals surface area contributed by atoms with Crippen molar-refractivity contribution in [3.05, 3.63) is 23.0 Å². The summed E-state index contributed by atoms with van der Waals surface area (Å²) in [5.41, 5.74) is 8.98. The molecular formula is C13H20N4OS. The zero-order chi connectivity index (χ0) is 14.4. The van der Waals surface area contributed by atoms with E-state index in [0.29, 0.717) is 24.5 Å². The number of aromatic nitrogens is 1. The first kappa shape index (κ1) is 15.4. The van der Waals surface area contributed by atoms with Crippen LogP contribution in [0.1, 0.15) is 30.3 Å². The number of pyridine rings is 1. The van der Waals surface area contributed by atoms with Gasteiger partial charge in [0.05, 0.1) is 5.56 Å². The number of hydrogen-bond donors (Lipinski definition) is 3. The normalized spacial score (nSPS) is 10.1. The minimum Gasteiger partial charge on any atom is -0.389 e. The predicted octanol–water partition coefficient (Wildman–Crippen LogP) is 1.27. The quantitative estimate of drug-likeness (QED) is 0.684. The molecule has 0 bridgehead atoms. The van der Waals surface area contributed by atoms with Crippen LogP contribution in [0.5, 0.6) is 0 Å². The molecule has 0 radical (unpaired) electrons. The van der Waals surface area contributed by atoms with Gasteiger partial charge < -0.3 is 16.4 Å². The van der Waals surface area contributed by atoms with Crippen molar-refractivity contribution in [3.8, 4) is 0 Å². The van der Waals surface area contributed by atoms with Crippen molar-refractivity contribution < 1.29 is 4.79 Å². The van der Waals surface area contributed by atoms with Gasteiger partial charge in [-0.15, -0.1) is 0 Å². The molecule has 104 valence electrons. The first-order chi connectivity index (χ1) is 8.95. The first-order valence-corrected chi connectivity index (χ1v) is 6.65. The first-order valence-electron chi connectivity index (χ1n) is 6.24. The highest BCUT2D eigenvalue weighted by Crippen LogP contribution is 2.19. The molecule has 0 unspecified atom stereocenters. The van der Waals surface area contributed by atoms with Gasteiger partial charge >= 0.3 is 0 Å². The monoisotopic (exact) mass is 280 g/mol. The highest BCUT2D eigenvalue weighted by molar-refractivity contribution is 7.80. The highest BCUT2D eigenvalue weighted by atomic mass is 32.1. The van der Waals surface area contributed by atoms with Crippen LogP contribution in [0, 0.1) is 13.8 Å². The van der Waals surface area contributed by atoms with Crippen LogP contribution in [0.25, 0.3) is 0 Å². The maximum atomic E-state index is 11.4. The van der Waals surface area contributed by atoms with Crippen molar-refractivity contribution in [1.82, 2.24) is 10.3 Å². The third-order valence-corrected chi connectivity index (χ3v) is 2.82. The average molecular weight is 280 g/mol. The Balaban J connectivity index is 2.77. The molecule has 0 atom stereocenters. The molecule has 0 aliphatic carbocycles. The summed E-state index contributed by atoms with van der Waals surface area (Å²) in [4.78, 5) is 16.0. The summed E-state index contributed by atoms with van der Waals surface area (Å²) in [6.45, 7) is 6.85. The summed E-state index contributed by atoms with van der Waals surface area (Å²) in [5.74, 6) is 0.0226. The summed E-state index contributed by atoms with van der Waals surface area (Å²) < 4.78 is 0. The van der Waals surface area contributed by atoms with Gasteiger partial charge in [0.15, 0.2) is 0 Å². The second-order valence-corrected chi connectivity index (χ2v) is 4.71. The Morgan fingerprint density at radius 2 is 2.16 bits per heavy atom. The molecule has 1 amide bonds. The van der Waals surface area contributed by atoms with Gasteiger partial charge in [0.25, 0.3) is 0 Å². The number of anilines is 1. The van der Waals surface area contributed by atoms with Crippen LogP contribution < -0.4 is 16.4 Å². The van der Waals surface area contributed by atoms with E-state index in [1.165, 1.54) is 0 Å². The second kappa shape index (κ2) is 7.04. The van der Waals surface area contributed by atoms with Crippen molar-refractivity contribution in [2.24, 2.45) is 5.73 Å². The van der Waals surface area contributed by atoms with E-state index >= 15 is 0 Å². The van der Waals surface area contributed by atoms with E-state index in [4.69, 9.17) is 18.0 Å². The number of nitrogens with zero attached hydrogens (tertiary/aromatic N) is 1.